The molecule has 1 aliphatic rings. The lowest BCUT2D eigenvalue weighted by molar-refractivity contribution is 0.191. The molecule has 0 bridgehead atoms. The second kappa shape index (κ2) is 5.91. The SMILES string of the molecule is CN(C)CC1CC(O)CN1c1cccc(Br)c1C#N. The molecule has 2 rings (SSSR count). The third-order valence-electron chi connectivity index (χ3n) is 3.38. The maximum absolute atomic E-state index is 9.92. The van der Waals surface area contributed by atoms with Crippen molar-refractivity contribution in [1.82, 2.24) is 4.90 Å². The van der Waals surface area contributed by atoms with Crippen molar-refractivity contribution in [2.75, 3.05) is 32.1 Å². The topological polar surface area (TPSA) is 50.5 Å². The number of β-amino-alcohol motifs (C(OH)–C–C–N with tert-alkyl or cyclic N) is 1. The Morgan fingerprint density at radius 3 is 2.89 bits per heavy atom. The molecule has 0 saturated carbocycles. The Morgan fingerprint density at radius 2 is 2.26 bits per heavy atom. The van der Waals surface area contributed by atoms with Gasteiger partial charge < -0.3 is 14.9 Å². The van der Waals surface area contributed by atoms with Crippen LogP contribution in [0.4, 0.5) is 5.69 Å². The highest BCUT2D eigenvalue weighted by atomic mass is 79.9. The van der Waals surface area contributed by atoms with Crippen LogP contribution in [0.25, 0.3) is 0 Å². The van der Waals surface area contributed by atoms with E-state index in [4.69, 9.17) is 0 Å². The number of hydrogen-bond donors (Lipinski definition) is 1. The summed E-state index contributed by atoms with van der Waals surface area (Å²) in [5, 5.41) is 19.2. The van der Waals surface area contributed by atoms with Gasteiger partial charge in [0.2, 0.25) is 0 Å². The van der Waals surface area contributed by atoms with Crippen molar-refractivity contribution in [3.8, 4) is 6.07 Å². The van der Waals surface area contributed by atoms with Crippen LogP contribution < -0.4 is 4.90 Å². The minimum Gasteiger partial charge on any atom is -0.391 e. The van der Waals surface area contributed by atoms with E-state index in [1.54, 1.807) is 0 Å². The number of nitriles is 1. The van der Waals surface area contributed by atoms with Crippen LogP contribution in [0.3, 0.4) is 0 Å². The van der Waals surface area contributed by atoms with Gasteiger partial charge in [-0.25, -0.2) is 0 Å². The Bertz CT molecular complexity index is 498. The zero-order valence-corrected chi connectivity index (χ0v) is 12.8. The lowest BCUT2D eigenvalue weighted by atomic mass is 10.1. The zero-order chi connectivity index (χ0) is 14.0. The van der Waals surface area contributed by atoms with Crippen molar-refractivity contribution in [3.63, 3.8) is 0 Å². The van der Waals surface area contributed by atoms with E-state index < -0.39 is 0 Å². The smallest absolute Gasteiger partial charge is 0.103 e. The van der Waals surface area contributed by atoms with Crippen LogP contribution in [0, 0.1) is 11.3 Å². The van der Waals surface area contributed by atoms with Gasteiger partial charge in [-0.05, 0) is 48.6 Å². The Kier molecular flexibility index (Phi) is 4.46. The van der Waals surface area contributed by atoms with Gasteiger partial charge >= 0.3 is 0 Å². The molecule has 1 N–H and O–H groups in total. The number of halogens is 1. The summed E-state index contributed by atoms with van der Waals surface area (Å²) in [6.45, 7) is 1.46. The Balaban J connectivity index is 2.34. The lowest BCUT2D eigenvalue weighted by Gasteiger charge is -2.29. The maximum Gasteiger partial charge on any atom is 0.103 e. The molecular weight excluding hydrogens is 306 g/mol. The number of rotatable bonds is 3. The molecule has 19 heavy (non-hydrogen) atoms. The molecule has 0 spiro atoms. The molecule has 1 aromatic rings. The highest BCUT2D eigenvalue weighted by Gasteiger charge is 2.32. The van der Waals surface area contributed by atoms with E-state index >= 15 is 0 Å². The van der Waals surface area contributed by atoms with Gasteiger partial charge in [0.15, 0.2) is 0 Å². The normalized spacial score (nSPS) is 22.8. The fourth-order valence-electron chi connectivity index (χ4n) is 2.64. The minimum absolute atomic E-state index is 0.242. The van der Waals surface area contributed by atoms with Gasteiger partial charge in [0.1, 0.15) is 6.07 Å². The number of aliphatic hydroxyl groups excluding tert-OH is 1. The van der Waals surface area contributed by atoms with E-state index in [0.29, 0.717) is 12.1 Å². The molecule has 1 aromatic carbocycles. The van der Waals surface area contributed by atoms with Gasteiger partial charge in [-0.1, -0.05) is 6.07 Å². The molecule has 0 amide bonds. The summed E-state index contributed by atoms with van der Waals surface area (Å²) in [7, 11) is 4.05. The molecule has 0 aromatic heterocycles. The van der Waals surface area contributed by atoms with E-state index in [1.165, 1.54) is 0 Å². The van der Waals surface area contributed by atoms with Gasteiger partial charge in [-0.3, -0.25) is 0 Å². The van der Waals surface area contributed by atoms with Crippen LogP contribution in [0.15, 0.2) is 22.7 Å². The van der Waals surface area contributed by atoms with Crippen LogP contribution in [-0.4, -0.2) is 49.3 Å². The molecule has 1 saturated heterocycles. The Morgan fingerprint density at radius 1 is 1.53 bits per heavy atom. The lowest BCUT2D eigenvalue weighted by Crippen LogP contribution is -2.38. The van der Waals surface area contributed by atoms with E-state index in [1.807, 2.05) is 32.3 Å². The van der Waals surface area contributed by atoms with E-state index in [-0.39, 0.29) is 12.1 Å². The Labute approximate surface area is 122 Å². The van der Waals surface area contributed by atoms with Crippen molar-refractivity contribution >= 4 is 21.6 Å². The first kappa shape index (κ1) is 14.3. The van der Waals surface area contributed by atoms with Gasteiger partial charge in [0, 0.05) is 23.6 Å². The van der Waals surface area contributed by atoms with E-state index in [2.05, 4.69) is 31.8 Å². The summed E-state index contributed by atoms with van der Waals surface area (Å²) in [6.07, 6.45) is 0.422. The molecule has 5 heteroatoms. The number of nitrogens with zero attached hydrogens (tertiary/aromatic N) is 3. The fraction of sp³-hybridized carbons (Fsp3) is 0.500. The van der Waals surface area contributed by atoms with Crippen LogP contribution in [0.5, 0.6) is 0 Å². The van der Waals surface area contributed by atoms with Crippen LogP contribution in [0.2, 0.25) is 0 Å². The first-order valence-corrected chi connectivity index (χ1v) is 7.10. The van der Waals surface area contributed by atoms with Crippen LogP contribution in [0.1, 0.15) is 12.0 Å². The standard InChI is InChI=1S/C14H18BrN3O/c1-17(2)8-10-6-11(19)9-18(10)14-5-3-4-13(15)12(14)7-16/h3-5,10-11,19H,6,8-9H2,1-2H3. The number of likely N-dealkylation sites (N-methyl/N-ethyl adjacent to an activating group) is 1. The van der Waals surface area contributed by atoms with E-state index in [9.17, 15) is 10.4 Å². The van der Waals surface area contributed by atoms with E-state index in [0.717, 1.165) is 23.1 Å². The highest BCUT2D eigenvalue weighted by molar-refractivity contribution is 9.10. The average Bonchev–Trinajstić information content (AvgIpc) is 2.68. The number of anilines is 1. The predicted octanol–water partition coefficient (Wildman–Crippen LogP) is 1.82. The highest BCUT2D eigenvalue weighted by Crippen LogP contribution is 2.32. The quantitative estimate of drug-likeness (QED) is 0.921. The van der Waals surface area contributed by atoms with Crippen molar-refractivity contribution in [2.24, 2.45) is 0 Å². The minimum atomic E-state index is -0.324. The van der Waals surface area contributed by atoms with Gasteiger partial charge in [-0.15, -0.1) is 0 Å². The summed E-state index contributed by atoms with van der Waals surface area (Å²) < 4.78 is 0.803. The van der Waals surface area contributed by atoms with Crippen molar-refractivity contribution in [2.45, 2.75) is 18.6 Å². The van der Waals surface area contributed by atoms with Crippen LogP contribution >= 0.6 is 15.9 Å². The third kappa shape index (κ3) is 3.08. The molecular formula is C14H18BrN3O. The molecule has 1 heterocycles. The van der Waals surface area contributed by atoms with Crippen LogP contribution in [-0.2, 0) is 0 Å². The maximum atomic E-state index is 9.92. The summed E-state index contributed by atoms with van der Waals surface area (Å²) in [4.78, 5) is 4.26. The second-order valence-electron chi connectivity index (χ2n) is 5.20. The third-order valence-corrected chi connectivity index (χ3v) is 4.04. The summed E-state index contributed by atoms with van der Waals surface area (Å²) >= 11 is 3.42. The number of benzene rings is 1. The summed E-state index contributed by atoms with van der Waals surface area (Å²) in [6, 6.07) is 8.23. The first-order valence-electron chi connectivity index (χ1n) is 6.31. The molecule has 1 fully saturated rings. The second-order valence-corrected chi connectivity index (χ2v) is 6.06. The average molecular weight is 324 g/mol. The van der Waals surface area contributed by atoms with Crippen molar-refractivity contribution in [3.05, 3.63) is 28.2 Å². The molecule has 2 unspecified atom stereocenters. The van der Waals surface area contributed by atoms with Gasteiger partial charge in [0.25, 0.3) is 0 Å². The van der Waals surface area contributed by atoms with Gasteiger partial charge in [-0.2, -0.15) is 5.26 Å². The Hall–Kier alpha value is -1.09. The molecule has 4 nitrogen and oxygen atoms in total. The fourth-order valence-corrected chi connectivity index (χ4v) is 3.09. The molecule has 2 atom stereocenters. The molecule has 0 aliphatic carbocycles. The largest absolute Gasteiger partial charge is 0.391 e. The monoisotopic (exact) mass is 323 g/mol. The predicted molar refractivity (Wildman–Crippen MR) is 79.2 cm³/mol. The summed E-state index contributed by atoms with van der Waals surface area (Å²) in [5.74, 6) is 0. The van der Waals surface area contributed by atoms with Crippen molar-refractivity contribution < 1.29 is 5.11 Å². The van der Waals surface area contributed by atoms with Gasteiger partial charge in [0.05, 0.1) is 17.4 Å². The summed E-state index contributed by atoms with van der Waals surface area (Å²) in [5.41, 5.74) is 1.54. The zero-order valence-electron chi connectivity index (χ0n) is 11.2. The molecule has 0 radical (unpaired) electrons. The molecule has 102 valence electrons. The number of hydrogen-bond acceptors (Lipinski definition) is 4. The molecule has 1 aliphatic heterocycles. The number of aliphatic hydroxyl groups is 1. The first-order chi connectivity index (χ1) is 9.02. The van der Waals surface area contributed by atoms with Crippen molar-refractivity contribution in [1.29, 1.82) is 5.26 Å².